The van der Waals surface area contributed by atoms with Crippen molar-refractivity contribution in [3.8, 4) is 0 Å². The van der Waals surface area contributed by atoms with Crippen molar-refractivity contribution >= 4 is 46.8 Å². The standard InChI is InChI=1S/C37H46ClF3N8O3S/c1-49-31(18-23-20-45-28-10-3-2-9-24(23)28)34(51)47-21-25-26(37(39,40)41)13-14-27(38)32(25)53-35-22(8-7-17-44-35)19-46-29(12-6-16-43)33(50)48-30(36(49)52)11-4-5-15-42/h2-3,7-10,13-14,17,23,29-31,45-46H,4-6,11-12,15-16,18-21,42-43H2,1H3,(H,47,51)(H,48,50)/t23?,29-,30-,31-/m0/s1. The molecule has 1 unspecified atom stereocenters. The minimum Gasteiger partial charge on any atom is -0.384 e. The first-order chi connectivity index (χ1) is 25.4. The number of likely N-dealkylation sites (N-methyl/N-ethyl adjacent to an activating group) is 1. The van der Waals surface area contributed by atoms with Gasteiger partial charge in [0, 0.05) is 49.4 Å². The Hall–Kier alpha value is -3.89. The van der Waals surface area contributed by atoms with E-state index < -0.39 is 54.1 Å². The Bertz CT molecular complexity index is 1770. The molecule has 3 amide bonds. The van der Waals surface area contributed by atoms with Crippen LogP contribution in [-0.2, 0) is 33.6 Å². The van der Waals surface area contributed by atoms with E-state index in [1.807, 2.05) is 24.3 Å². The van der Waals surface area contributed by atoms with E-state index in [0.29, 0.717) is 55.9 Å². The Morgan fingerprint density at radius 2 is 1.68 bits per heavy atom. The highest BCUT2D eigenvalue weighted by Gasteiger charge is 2.38. The highest BCUT2D eigenvalue weighted by molar-refractivity contribution is 7.99. The second-order valence-corrected chi connectivity index (χ2v) is 14.7. The first kappa shape index (κ1) is 40.3. The molecule has 8 N–H and O–H groups in total. The third kappa shape index (κ3) is 10.0. The quantitative estimate of drug-likeness (QED) is 0.168. The number of halogens is 4. The molecule has 0 aliphatic carbocycles. The number of alkyl halides is 3. The molecule has 0 saturated carbocycles. The van der Waals surface area contributed by atoms with Gasteiger partial charge >= 0.3 is 6.18 Å². The van der Waals surface area contributed by atoms with Crippen molar-refractivity contribution in [3.63, 3.8) is 0 Å². The van der Waals surface area contributed by atoms with Gasteiger partial charge < -0.3 is 37.6 Å². The normalized spacial score (nSPS) is 21.5. The number of anilines is 1. The Balaban J connectivity index is 1.60. The molecule has 5 rings (SSSR count). The van der Waals surface area contributed by atoms with Gasteiger partial charge in [0.05, 0.1) is 16.6 Å². The van der Waals surface area contributed by atoms with Crippen molar-refractivity contribution in [1.29, 1.82) is 0 Å². The molecule has 16 heteroatoms. The van der Waals surface area contributed by atoms with Crippen molar-refractivity contribution in [1.82, 2.24) is 25.8 Å². The molecule has 0 bridgehead atoms. The highest BCUT2D eigenvalue weighted by Crippen LogP contribution is 2.43. The maximum absolute atomic E-state index is 14.6. The van der Waals surface area contributed by atoms with Gasteiger partial charge in [-0.3, -0.25) is 14.4 Å². The fourth-order valence-corrected chi connectivity index (χ4v) is 8.11. The van der Waals surface area contributed by atoms with E-state index >= 15 is 0 Å². The molecule has 2 aromatic carbocycles. The summed E-state index contributed by atoms with van der Waals surface area (Å²) >= 11 is 7.56. The van der Waals surface area contributed by atoms with Crippen LogP contribution in [-0.4, -0.2) is 72.4 Å². The lowest BCUT2D eigenvalue weighted by atomic mass is 9.92. The number of carbonyl (C=O) groups excluding carboxylic acids is 3. The summed E-state index contributed by atoms with van der Waals surface area (Å²) in [7, 11) is 1.49. The number of pyridine rings is 1. The molecule has 11 nitrogen and oxygen atoms in total. The lowest BCUT2D eigenvalue weighted by Crippen LogP contribution is -2.57. The van der Waals surface area contributed by atoms with E-state index in [1.165, 1.54) is 24.2 Å². The zero-order valence-electron chi connectivity index (χ0n) is 29.5. The van der Waals surface area contributed by atoms with Gasteiger partial charge in [-0.2, -0.15) is 13.2 Å². The van der Waals surface area contributed by atoms with Crippen LogP contribution < -0.4 is 32.7 Å². The zero-order chi connectivity index (χ0) is 38.1. The monoisotopic (exact) mass is 774 g/mol. The number of nitrogens with two attached hydrogens (primary N) is 2. The molecule has 0 radical (unpaired) electrons. The molecule has 1 aromatic heterocycles. The number of unbranched alkanes of at least 4 members (excludes halogenated alkanes) is 1. The Kier molecular flexibility index (Phi) is 14.0. The van der Waals surface area contributed by atoms with Gasteiger partial charge in [0.2, 0.25) is 17.7 Å². The van der Waals surface area contributed by atoms with Crippen LogP contribution in [0.15, 0.2) is 64.6 Å². The summed E-state index contributed by atoms with van der Waals surface area (Å²) in [6.45, 7) is 0.824. The number of benzene rings is 2. The van der Waals surface area contributed by atoms with Gasteiger partial charge in [0.1, 0.15) is 17.1 Å². The summed E-state index contributed by atoms with van der Waals surface area (Å²) in [5.41, 5.74) is 12.9. The fourth-order valence-electron chi connectivity index (χ4n) is 6.77. The Morgan fingerprint density at radius 1 is 0.925 bits per heavy atom. The first-order valence-electron chi connectivity index (χ1n) is 17.7. The second-order valence-electron chi connectivity index (χ2n) is 13.3. The number of hydrogen-bond acceptors (Lipinski definition) is 9. The van der Waals surface area contributed by atoms with Crippen LogP contribution in [0.4, 0.5) is 18.9 Å². The molecule has 53 heavy (non-hydrogen) atoms. The van der Waals surface area contributed by atoms with Gasteiger partial charge in [-0.25, -0.2) is 4.98 Å². The third-order valence-electron chi connectivity index (χ3n) is 9.68. The number of carbonyl (C=O) groups is 3. The maximum Gasteiger partial charge on any atom is 0.416 e. The van der Waals surface area contributed by atoms with Crippen LogP contribution in [0.5, 0.6) is 0 Å². The number of para-hydroxylation sites is 1. The van der Waals surface area contributed by atoms with Gasteiger partial charge in [-0.15, -0.1) is 0 Å². The van der Waals surface area contributed by atoms with E-state index in [4.69, 9.17) is 23.1 Å². The number of rotatable bonds is 9. The van der Waals surface area contributed by atoms with Crippen molar-refractivity contribution in [2.45, 2.75) is 91.8 Å². The Morgan fingerprint density at radius 3 is 2.43 bits per heavy atom. The molecular formula is C37H46ClF3N8O3S. The summed E-state index contributed by atoms with van der Waals surface area (Å²) in [4.78, 5) is 48.5. The molecule has 4 atom stereocenters. The predicted octanol–water partition coefficient (Wildman–Crippen LogP) is 4.77. The van der Waals surface area contributed by atoms with Gasteiger partial charge in [0.15, 0.2) is 0 Å². The minimum atomic E-state index is -4.77. The minimum absolute atomic E-state index is 0.0488. The average Bonchev–Trinajstić information content (AvgIpc) is 3.55. The molecule has 2 aliphatic heterocycles. The largest absolute Gasteiger partial charge is 0.416 e. The van der Waals surface area contributed by atoms with Gasteiger partial charge in [-0.1, -0.05) is 47.6 Å². The molecule has 0 saturated heterocycles. The molecule has 2 aliphatic rings. The van der Waals surface area contributed by atoms with E-state index in [0.717, 1.165) is 29.1 Å². The Labute approximate surface area is 316 Å². The maximum atomic E-state index is 14.6. The van der Waals surface area contributed by atoms with Crippen LogP contribution >= 0.6 is 23.4 Å². The van der Waals surface area contributed by atoms with Crippen molar-refractivity contribution < 1.29 is 27.6 Å². The summed E-state index contributed by atoms with van der Waals surface area (Å²) in [6.07, 6.45) is -0.808. The number of nitrogens with one attached hydrogen (secondary N) is 4. The number of aromatic nitrogens is 1. The molecular weight excluding hydrogens is 729 g/mol. The third-order valence-corrected chi connectivity index (χ3v) is 11.3. The predicted molar refractivity (Wildman–Crippen MR) is 199 cm³/mol. The summed E-state index contributed by atoms with van der Waals surface area (Å²) < 4.78 is 43.7. The molecule has 286 valence electrons. The SMILES string of the molecule is CN1C(=O)[C@H](CCCCN)NC(=O)[C@H](CCCN)NCc2cccnc2Sc2c(Cl)ccc(C(F)(F)F)c2CNC(=O)[C@@H]1CC1CNc2ccccc21. The van der Waals surface area contributed by atoms with E-state index in [-0.39, 0.29) is 40.8 Å². The smallest absolute Gasteiger partial charge is 0.384 e. The zero-order valence-corrected chi connectivity index (χ0v) is 31.1. The van der Waals surface area contributed by atoms with Crippen molar-refractivity contribution in [2.24, 2.45) is 11.5 Å². The number of fused-ring (bicyclic) bond motifs is 3. The first-order valence-corrected chi connectivity index (χ1v) is 18.9. The summed E-state index contributed by atoms with van der Waals surface area (Å²) in [5, 5.41) is 12.7. The fraction of sp³-hybridized carbons (Fsp3) is 0.459. The van der Waals surface area contributed by atoms with Crippen molar-refractivity contribution in [3.05, 3.63) is 82.0 Å². The molecule has 3 heterocycles. The number of nitrogens with zero attached hydrogens (tertiary/aromatic N) is 2. The lowest BCUT2D eigenvalue weighted by Gasteiger charge is -2.33. The topological polar surface area (TPSA) is 168 Å². The van der Waals surface area contributed by atoms with Gasteiger partial charge in [0.25, 0.3) is 0 Å². The lowest BCUT2D eigenvalue weighted by molar-refractivity contribution is -0.142. The van der Waals surface area contributed by atoms with E-state index in [9.17, 15) is 27.6 Å². The number of hydrogen-bond donors (Lipinski definition) is 6. The van der Waals surface area contributed by atoms with Gasteiger partial charge in [-0.05, 0) is 92.6 Å². The molecule has 0 spiro atoms. The van der Waals surface area contributed by atoms with Crippen LogP contribution in [0.2, 0.25) is 5.02 Å². The van der Waals surface area contributed by atoms with Crippen LogP contribution in [0.25, 0.3) is 0 Å². The molecule has 0 fully saturated rings. The molecule has 3 aromatic rings. The van der Waals surface area contributed by atoms with Crippen LogP contribution in [0, 0.1) is 0 Å². The average molecular weight is 775 g/mol. The summed E-state index contributed by atoms with van der Waals surface area (Å²) in [5.74, 6) is -1.75. The van der Waals surface area contributed by atoms with E-state index in [2.05, 4.69) is 26.3 Å². The summed E-state index contributed by atoms with van der Waals surface area (Å²) in [6, 6.07) is 10.3. The highest BCUT2D eigenvalue weighted by atomic mass is 35.5. The number of amides is 3. The van der Waals surface area contributed by atoms with Crippen LogP contribution in [0.3, 0.4) is 0 Å². The van der Waals surface area contributed by atoms with E-state index in [1.54, 1.807) is 12.1 Å². The van der Waals surface area contributed by atoms with Crippen LogP contribution in [0.1, 0.15) is 66.7 Å². The second kappa shape index (κ2) is 18.4. The van der Waals surface area contributed by atoms with Crippen molar-refractivity contribution in [2.75, 3.05) is 32.0 Å².